The summed E-state index contributed by atoms with van der Waals surface area (Å²) < 4.78 is 0. The van der Waals surface area contributed by atoms with E-state index in [2.05, 4.69) is 33.9 Å². The van der Waals surface area contributed by atoms with Crippen molar-refractivity contribution < 1.29 is 0 Å². The van der Waals surface area contributed by atoms with Crippen LogP contribution in [0.2, 0.25) is 0 Å². The molecule has 0 saturated carbocycles. The predicted molar refractivity (Wildman–Crippen MR) is 100 cm³/mol. The van der Waals surface area contributed by atoms with E-state index in [1.807, 2.05) is 58.2 Å². The number of pyridine rings is 1. The third-order valence-corrected chi connectivity index (χ3v) is 3.80. The molecule has 0 aliphatic carbocycles. The van der Waals surface area contributed by atoms with Gasteiger partial charge in [0.2, 0.25) is 0 Å². The van der Waals surface area contributed by atoms with Crippen LogP contribution in [0.15, 0.2) is 47.6 Å². The van der Waals surface area contributed by atoms with Crippen molar-refractivity contribution in [2.75, 3.05) is 14.1 Å². The van der Waals surface area contributed by atoms with E-state index in [0.29, 0.717) is 5.56 Å². The number of nitriles is 1. The van der Waals surface area contributed by atoms with Crippen molar-refractivity contribution in [3.63, 3.8) is 0 Å². The first-order valence-corrected chi connectivity index (χ1v) is 8.20. The fraction of sp³-hybridized carbons (Fsp3) is 0.350. The van der Waals surface area contributed by atoms with Crippen LogP contribution in [0, 0.1) is 18.3 Å². The zero-order chi connectivity index (χ0) is 18.1. The first-order chi connectivity index (χ1) is 11.6. The van der Waals surface area contributed by atoms with Crippen molar-refractivity contribution >= 4 is 5.84 Å². The summed E-state index contributed by atoms with van der Waals surface area (Å²) in [5, 5.41) is 9.34. The molecule has 1 aromatic carbocycles. The molecule has 1 aromatic heterocycles. The van der Waals surface area contributed by atoms with Crippen molar-refractivity contribution in [3.05, 3.63) is 65.0 Å². The van der Waals surface area contributed by atoms with E-state index in [1.54, 1.807) is 13.2 Å². The first kappa shape index (κ1) is 19.4. The summed E-state index contributed by atoms with van der Waals surface area (Å²) in [6.45, 7) is 8.11. The van der Waals surface area contributed by atoms with E-state index in [0.717, 1.165) is 22.7 Å². The number of hydrogen-bond donors (Lipinski definition) is 0. The van der Waals surface area contributed by atoms with Gasteiger partial charge in [-0.25, -0.2) is 0 Å². The third kappa shape index (κ3) is 4.42. The van der Waals surface area contributed by atoms with Crippen LogP contribution in [-0.2, 0) is 0 Å². The van der Waals surface area contributed by atoms with E-state index >= 15 is 0 Å². The second kappa shape index (κ2) is 9.46. The van der Waals surface area contributed by atoms with E-state index in [4.69, 9.17) is 0 Å². The van der Waals surface area contributed by atoms with Gasteiger partial charge in [-0.3, -0.25) is 9.98 Å². The molecule has 1 heterocycles. The highest BCUT2D eigenvalue weighted by Gasteiger charge is 2.20. The largest absolute Gasteiger partial charge is 0.351 e. The Kier molecular flexibility index (Phi) is 7.64. The Labute approximate surface area is 145 Å². The van der Waals surface area contributed by atoms with Gasteiger partial charge in [-0.15, -0.1) is 0 Å². The van der Waals surface area contributed by atoms with Crippen LogP contribution in [0.25, 0.3) is 0 Å². The second-order valence-electron chi connectivity index (χ2n) is 5.25. The van der Waals surface area contributed by atoms with Crippen molar-refractivity contribution in [1.29, 1.82) is 5.26 Å². The zero-order valence-corrected chi connectivity index (χ0v) is 15.4. The Hall–Kier alpha value is -2.67. The Morgan fingerprint density at radius 2 is 1.96 bits per heavy atom. The van der Waals surface area contributed by atoms with Crippen molar-refractivity contribution in [1.82, 2.24) is 9.88 Å². The molecule has 2 rings (SSSR count). The molecule has 0 aliphatic heterocycles. The molecule has 0 saturated heterocycles. The van der Waals surface area contributed by atoms with Gasteiger partial charge in [-0.05, 0) is 37.6 Å². The minimum absolute atomic E-state index is 0.0234. The smallest absolute Gasteiger partial charge is 0.149 e. The zero-order valence-electron chi connectivity index (χ0n) is 15.4. The molecule has 1 atom stereocenters. The van der Waals surface area contributed by atoms with E-state index < -0.39 is 0 Å². The molecule has 4 heteroatoms. The minimum atomic E-state index is 0.0234. The van der Waals surface area contributed by atoms with E-state index in [1.165, 1.54) is 0 Å². The normalized spacial score (nSPS) is 11.8. The van der Waals surface area contributed by atoms with Crippen LogP contribution >= 0.6 is 0 Å². The van der Waals surface area contributed by atoms with Crippen molar-refractivity contribution in [2.24, 2.45) is 4.99 Å². The quantitative estimate of drug-likeness (QED) is 0.623. The summed E-state index contributed by atoms with van der Waals surface area (Å²) in [6.07, 6.45) is 1.76. The Bertz CT molecular complexity index is 714. The van der Waals surface area contributed by atoms with Gasteiger partial charge in [0.05, 0.1) is 17.7 Å². The summed E-state index contributed by atoms with van der Waals surface area (Å²) in [4.78, 5) is 10.8. The SMILES string of the molecule is CC.CN=C(c1ccccn1)N(C)C(C)c1cc(C)ccc1C#N. The second-order valence-corrected chi connectivity index (χ2v) is 5.25. The summed E-state index contributed by atoms with van der Waals surface area (Å²) in [7, 11) is 3.74. The van der Waals surface area contributed by atoms with Crippen molar-refractivity contribution in [3.8, 4) is 6.07 Å². The van der Waals surface area contributed by atoms with Crippen LogP contribution in [0.5, 0.6) is 0 Å². The molecular formula is C20H26N4. The summed E-state index contributed by atoms with van der Waals surface area (Å²) >= 11 is 0. The average molecular weight is 322 g/mol. The van der Waals surface area contributed by atoms with Crippen LogP contribution in [-0.4, -0.2) is 29.8 Å². The molecule has 126 valence electrons. The Morgan fingerprint density at radius 1 is 1.25 bits per heavy atom. The minimum Gasteiger partial charge on any atom is -0.351 e. The maximum atomic E-state index is 9.34. The van der Waals surface area contributed by atoms with Gasteiger partial charge in [0.15, 0.2) is 0 Å². The highest BCUT2D eigenvalue weighted by molar-refractivity contribution is 5.97. The van der Waals surface area contributed by atoms with Crippen LogP contribution in [0.1, 0.15) is 49.2 Å². The molecule has 0 fully saturated rings. The number of benzene rings is 1. The summed E-state index contributed by atoms with van der Waals surface area (Å²) in [5.41, 5.74) is 3.66. The molecule has 0 aliphatic rings. The van der Waals surface area contributed by atoms with Gasteiger partial charge in [0, 0.05) is 20.3 Å². The molecule has 2 aromatic rings. The highest BCUT2D eigenvalue weighted by Crippen LogP contribution is 2.25. The molecule has 24 heavy (non-hydrogen) atoms. The molecule has 0 bridgehead atoms. The van der Waals surface area contributed by atoms with Gasteiger partial charge in [0.25, 0.3) is 0 Å². The van der Waals surface area contributed by atoms with Gasteiger partial charge in [0.1, 0.15) is 11.5 Å². The average Bonchev–Trinajstić information content (AvgIpc) is 2.64. The summed E-state index contributed by atoms with van der Waals surface area (Å²) in [6, 6.07) is 14.0. The van der Waals surface area contributed by atoms with Gasteiger partial charge < -0.3 is 4.90 Å². The number of aryl methyl sites for hydroxylation is 1. The highest BCUT2D eigenvalue weighted by atomic mass is 15.2. The van der Waals surface area contributed by atoms with Crippen LogP contribution in [0.3, 0.4) is 0 Å². The third-order valence-electron chi connectivity index (χ3n) is 3.80. The number of aliphatic imine (C=N–C) groups is 1. The van der Waals surface area contributed by atoms with Gasteiger partial charge in [-0.2, -0.15) is 5.26 Å². The maximum Gasteiger partial charge on any atom is 0.149 e. The number of hydrogen-bond acceptors (Lipinski definition) is 3. The lowest BCUT2D eigenvalue weighted by Crippen LogP contribution is -2.31. The topological polar surface area (TPSA) is 52.3 Å². The number of rotatable bonds is 3. The lowest BCUT2D eigenvalue weighted by molar-refractivity contribution is 0.401. The monoisotopic (exact) mass is 322 g/mol. The molecule has 0 radical (unpaired) electrons. The number of nitrogens with zero attached hydrogens (tertiary/aromatic N) is 4. The molecular weight excluding hydrogens is 296 g/mol. The molecule has 0 spiro atoms. The fourth-order valence-corrected chi connectivity index (χ4v) is 2.47. The van der Waals surface area contributed by atoms with E-state index in [9.17, 15) is 5.26 Å². The predicted octanol–water partition coefficient (Wildman–Crippen LogP) is 4.36. The number of amidine groups is 1. The van der Waals surface area contributed by atoms with Gasteiger partial charge >= 0.3 is 0 Å². The standard InChI is InChI=1S/C18H20N4.C2H6/c1-13-8-9-15(12-19)16(11-13)14(2)22(4)18(20-3)17-7-5-6-10-21-17;1-2/h5-11,14H,1-4H3;1-2H3. The Morgan fingerprint density at radius 3 is 2.50 bits per heavy atom. The Balaban J connectivity index is 0.00000139. The van der Waals surface area contributed by atoms with Crippen molar-refractivity contribution in [2.45, 2.75) is 33.7 Å². The molecule has 4 nitrogen and oxygen atoms in total. The van der Waals surface area contributed by atoms with E-state index in [-0.39, 0.29) is 6.04 Å². The lowest BCUT2D eigenvalue weighted by atomic mass is 9.98. The first-order valence-electron chi connectivity index (χ1n) is 8.20. The summed E-state index contributed by atoms with van der Waals surface area (Å²) in [5.74, 6) is 0.804. The van der Waals surface area contributed by atoms with Gasteiger partial charge in [-0.1, -0.05) is 37.6 Å². The number of aromatic nitrogens is 1. The maximum absolute atomic E-state index is 9.34. The molecule has 0 amide bonds. The lowest BCUT2D eigenvalue weighted by Gasteiger charge is -2.29. The molecule has 0 N–H and O–H groups in total. The fourth-order valence-electron chi connectivity index (χ4n) is 2.47. The molecule has 1 unspecified atom stereocenters. The van der Waals surface area contributed by atoms with Crippen LogP contribution in [0.4, 0.5) is 0 Å². The van der Waals surface area contributed by atoms with Crippen LogP contribution < -0.4 is 0 Å².